The van der Waals surface area contributed by atoms with E-state index in [1.165, 1.54) is 24.0 Å². The van der Waals surface area contributed by atoms with Gasteiger partial charge >= 0.3 is 5.97 Å². The fourth-order valence-electron chi connectivity index (χ4n) is 1.67. The summed E-state index contributed by atoms with van der Waals surface area (Å²) in [6.07, 6.45) is 0. The molecule has 6 heteroatoms. The van der Waals surface area contributed by atoms with Gasteiger partial charge in [0.15, 0.2) is 0 Å². The Kier molecular flexibility index (Phi) is 4.74. The van der Waals surface area contributed by atoms with Crippen molar-refractivity contribution < 1.29 is 24.9 Å². The van der Waals surface area contributed by atoms with Crippen molar-refractivity contribution in [3.63, 3.8) is 0 Å². The largest absolute Gasteiger partial charge is 0.508 e. The molecule has 19 heavy (non-hydrogen) atoms. The Hall–Kier alpha value is -2.24. The second kappa shape index (κ2) is 6.08. The molecule has 104 valence electrons. The van der Waals surface area contributed by atoms with Crippen molar-refractivity contribution in [2.24, 2.45) is 5.92 Å². The average Bonchev–Trinajstić information content (AvgIpc) is 2.33. The number of rotatable bonds is 5. The molecule has 0 fully saturated rings. The number of aromatic hydroxyl groups is 2. The van der Waals surface area contributed by atoms with Crippen molar-refractivity contribution in [2.75, 3.05) is 13.1 Å². The lowest BCUT2D eigenvalue weighted by Gasteiger charge is -2.23. The topological polar surface area (TPSA) is 98.1 Å². The van der Waals surface area contributed by atoms with Gasteiger partial charge in [-0.25, -0.2) is 0 Å². The van der Waals surface area contributed by atoms with Crippen LogP contribution < -0.4 is 0 Å². The van der Waals surface area contributed by atoms with E-state index in [1.54, 1.807) is 6.92 Å². The smallest absolute Gasteiger partial charge is 0.308 e. The van der Waals surface area contributed by atoms with E-state index < -0.39 is 17.8 Å². The van der Waals surface area contributed by atoms with E-state index in [0.717, 1.165) is 6.07 Å². The van der Waals surface area contributed by atoms with Crippen LogP contribution in [0.5, 0.6) is 11.5 Å². The van der Waals surface area contributed by atoms with E-state index in [-0.39, 0.29) is 23.6 Å². The second-order valence-corrected chi connectivity index (χ2v) is 4.32. The minimum atomic E-state index is -0.981. The molecule has 0 aromatic heterocycles. The predicted octanol–water partition coefficient (Wildman–Crippen LogP) is 1.28. The first-order valence-electron chi connectivity index (χ1n) is 5.90. The Morgan fingerprint density at radius 2 is 1.74 bits per heavy atom. The number of nitrogens with zero attached hydrogens (tertiary/aromatic N) is 1. The van der Waals surface area contributed by atoms with Gasteiger partial charge in [0.05, 0.1) is 5.92 Å². The molecule has 0 aliphatic heterocycles. The summed E-state index contributed by atoms with van der Waals surface area (Å²) in [7, 11) is 0. The summed E-state index contributed by atoms with van der Waals surface area (Å²) in [5, 5.41) is 27.5. The minimum absolute atomic E-state index is 0.0705. The van der Waals surface area contributed by atoms with Crippen molar-refractivity contribution >= 4 is 11.9 Å². The highest BCUT2D eigenvalue weighted by Gasteiger charge is 2.21. The first-order chi connectivity index (χ1) is 8.85. The molecule has 6 nitrogen and oxygen atoms in total. The van der Waals surface area contributed by atoms with Gasteiger partial charge in [-0.05, 0) is 19.1 Å². The zero-order valence-electron chi connectivity index (χ0n) is 10.8. The van der Waals surface area contributed by atoms with Crippen LogP contribution in [-0.2, 0) is 4.79 Å². The normalized spacial score (nSPS) is 11.9. The quantitative estimate of drug-likeness (QED) is 0.746. The summed E-state index contributed by atoms with van der Waals surface area (Å²) in [5.41, 5.74) is 0.122. The van der Waals surface area contributed by atoms with E-state index >= 15 is 0 Å². The van der Waals surface area contributed by atoms with Gasteiger partial charge < -0.3 is 20.2 Å². The third-order valence-electron chi connectivity index (χ3n) is 2.73. The number of phenols is 2. The molecule has 1 aromatic rings. The number of carbonyl (C=O) groups excluding carboxylic acids is 1. The number of hydrogen-bond acceptors (Lipinski definition) is 4. The zero-order chi connectivity index (χ0) is 14.6. The minimum Gasteiger partial charge on any atom is -0.508 e. The molecule has 0 saturated heterocycles. The molecule has 1 rings (SSSR count). The molecule has 0 aliphatic rings. The van der Waals surface area contributed by atoms with E-state index in [1.807, 2.05) is 0 Å². The van der Waals surface area contributed by atoms with Crippen molar-refractivity contribution in [1.29, 1.82) is 0 Å². The molecule has 1 atom stereocenters. The Morgan fingerprint density at radius 1 is 1.21 bits per heavy atom. The highest BCUT2D eigenvalue weighted by Crippen LogP contribution is 2.21. The van der Waals surface area contributed by atoms with Crippen molar-refractivity contribution in [1.82, 2.24) is 4.90 Å². The second-order valence-electron chi connectivity index (χ2n) is 4.32. The Morgan fingerprint density at radius 3 is 2.16 bits per heavy atom. The molecule has 0 saturated carbocycles. The molecule has 0 spiro atoms. The van der Waals surface area contributed by atoms with E-state index in [4.69, 9.17) is 5.11 Å². The fraction of sp³-hybridized carbons (Fsp3) is 0.385. The zero-order valence-corrected chi connectivity index (χ0v) is 10.8. The van der Waals surface area contributed by atoms with Crippen LogP contribution in [0.25, 0.3) is 0 Å². The highest BCUT2D eigenvalue weighted by molar-refractivity contribution is 5.95. The van der Waals surface area contributed by atoms with Crippen LogP contribution in [0.1, 0.15) is 24.2 Å². The number of phenolic OH excluding ortho intramolecular Hbond substituents is 2. The van der Waals surface area contributed by atoms with Crippen molar-refractivity contribution in [2.45, 2.75) is 13.8 Å². The molecule has 0 radical (unpaired) electrons. The summed E-state index contributed by atoms with van der Waals surface area (Å²) in [4.78, 5) is 24.3. The lowest BCUT2D eigenvalue weighted by atomic mass is 10.1. The first kappa shape index (κ1) is 14.8. The van der Waals surface area contributed by atoms with Gasteiger partial charge in [-0.2, -0.15) is 0 Å². The third kappa shape index (κ3) is 3.87. The number of hydrogen-bond donors (Lipinski definition) is 3. The van der Waals surface area contributed by atoms with Crippen LogP contribution >= 0.6 is 0 Å². The van der Waals surface area contributed by atoms with E-state index in [9.17, 15) is 19.8 Å². The molecule has 1 amide bonds. The van der Waals surface area contributed by atoms with Gasteiger partial charge in [0.2, 0.25) is 0 Å². The third-order valence-corrected chi connectivity index (χ3v) is 2.73. The monoisotopic (exact) mass is 267 g/mol. The van der Waals surface area contributed by atoms with Gasteiger partial charge in [-0.3, -0.25) is 9.59 Å². The van der Waals surface area contributed by atoms with Crippen molar-refractivity contribution in [3.8, 4) is 11.5 Å². The van der Waals surface area contributed by atoms with Crippen molar-refractivity contribution in [3.05, 3.63) is 23.8 Å². The highest BCUT2D eigenvalue weighted by atomic mass is 16.4. The molecule has 3 N–H and O–H groups in total. The molecule has 1 unspecified atom stereocenters. The van der Waals surface area contributed by atoms with Gasteiger partial charge in [0.25, 0.3) is 5.91 Å². The number of carboxylic acids is 1. The number of carbonyl (C=O) groups is 2. The maximum atomic E-state index is 12.1. The summed E-state index contributed by atoms with van der Waals surface area (Å²) >= 11 is 0. The number of aliphatic carboxylic acids is 1. The molecular formula is C13H17NO5. The Labute approximate surface area is 110 Å². The molecular weight excluding hydrogens is 250 g/mol. The van der Waals surface area contributed by atoms with Crippen LogP contribution in [0.2, 0.25) is 0 Å². The summed E-state index contributed by atoms with van der Waals surface area (Å²) in [6, 6.07) is 3.58. The first-order valence-corrected chi connectivity index (χ1v) is 5.90. The number of benzene rings is 1. The Balaban J connectivity index is 2.92. The lowest BCUT2D eigenvalue weighted by molar-refractivity contribution is -0.141. The van der Waals surface area contributed by atoms with Gasteiger partial charge in [-0.15, -0.1) is 0 Å². The van der Waals surface area contributed by atoms with Crippen LogP contribution in [0.15, 0.2) is 18.2 Å². The fourth-order valence-corrected chi connectivity index (χ4v) is 1.67. The van der Waals surface area contributed by atoms with E-state index in [0.29, 0.717) is 6.54 Å². The lowest BCUT2D eigenvalue weighted by Crippen LogP contribution is -2.36. The molecule has 1 aromatic carbocycles. The maximum absolute atomic E-state index is 12.1. The SMILES string of the molecule is CCN(CC(C)C(=O)O)C(=O)c1cc(O)cc(O)c1. The predicted molar refractivity (Wildman–Crippen MR) is 68.1 cm³/mol. The van der Waals surface area contributed by atoms with Gasteiger partial charge in [-0.1, -0.05) is 6.92 Å². The van der Waals surface area contributed by atoms with Gasteiger partial charge in [0.1, 0.15) is 11.5 Å². The molecule has 0 bridgehead atoms. The summed E-state index contributed by atoms with van der Waals surface area (Å²) < 4.78 is 0. The van der Waals surface area contributed by atoms with Crippen LogP contribution in [0.4, 0.5) is 0 Å². The maximum Gasteiger partial charge on any atom is 0.308 e. The van der Waals surface area contributed by atoms with E-state index in [2.05, 4.69) is 0 Å². The number of carboxylic acid groups (broad SMARTS) is 1. The van der Waals surface area contributed by atoms with Crippen LogP contribution in [0, 0.1) is 5.92 Å². The van der Waals surface area contributed by atoms with Gasteiger partial charge in [0, 0.05) is 24.7 Å². The summed E-state index contributed by atoms with van der Waals surface area (Å²) in [5.74, 6) is -2.53. The average molecular weight is 267 g/mol. The van der Waals surface area contributed by atoms with Crippen LogP contribution in [0.3, 0.4) is 0 Å². The standard InChI is InChI=1S/C13H17NO5/c1-3-14(7-8(2)13(18)19)12(17)9-4-10(15)6-11(16)5-9/h4-6,8,15-16H,3,7H2,1-2H3,(H,18,19). The molecule has 0 heterocycles. The Bertz CT molecular complexity index is 466. The molecule has 0 aliphatic carbocycles. The summed E-state index contributed by atoms with van der Waals surface area (Å²) in [6.45, 7) is 3.65. The number of amides is 1. The van der Waals surface area contributed by atoms with Crippen LogP contribution in [-0.4, -0.2) is 45.2 Å².